The van der Waals surface area contributed by atoms with E-state index in [-0.39, 0.29) is 65.2 Å². The van der Waals surface area contributed by atoms with Crippen molar-refractivity contribution < 1.29 is 133 Å². The zero-order valence-corrected chi connectivity index (χ0v) is 81.2. The summed E-state index contributed by atoms with van der Waals surface area (Å²) in [6, 6.07) is 20.5. The van der Waals surface area contributed by atoms with E-state index in [2.05, 4.69) is 47.8 Å². The number of phenolic OH excluding ortho intramolecular Hbond substituents is 1. The Morgan fingerprint density at radius 2 is 0.661 bits per heavy atom. The average Bonchev–Trinajstić information content (AvgIpc) is 1.60. The number of nitrogens with two attached hydrogens (primary N) is 2. The Bertz CT molecular complexity index is 4300. The van der Waals surface area contributed by atoms with Gasteiger partial charge >= 0.3 is 42.5 Å². The molecule has 3 atom stereocenters. The second-order valence-corrected chi connectivity index (χ2v) is 32.7. The lowest BCUT2D eigenvalue weighted by Gasteiger charge is -2.32. The van der Waals surface area contributed by atoms with Crippen molar-refractivity contribution in [2.45, 2.75) is 177 Å². The Kier molecular flexibility index (Phi) is 45.1. The molecule has 43 heteroatoms. The lowest BCUT2D eigenvalue weighted by molar-refractivity contribution is -0.490. The summed E-state index contributed by atoms with van der Waals surface area (Å²) in [5, 5.41) is 50.7. The van der Waals surface area contributed by atoms with Crippen LogP contribution in [0.3, 0.4) is 0 Å². The van der Waals surface area contributed by atoms with E-state index in [1.54, 1.807) is 90.0 Å². The molecule has 32 nitrogen and oxygen atoms in total. The first-order valence-corrected chi connectivity index (χ1v) is 42.1. The Morgan fingerprint density at radius 1 is 0.411 bits per heavy atom. The van der Waals surface area contributed by atoms with Crippen LogP contribution in [0, 0.1) is 10.1 Å². The number of hydrogen-bond acceptors (Lipinski definition) is 31. The summed E-state index contributed by atoms with van der Waals surface area (Å²) in [7, 11) is 4.30. The quantitative estimate of drug-likeness (QED) is 0.0102. The van der Waals surface area contributed by atoms with Gasteiger partial charge in [-0.05, 0) is 221 Å². The molecular formula is C81H118B6Br3Cl2N3O29. The standard InChI is InChI=1S/C16H23BO5.C12H24B2O4.C11H14BNO6.2C11H16BNO4.C10H11BrO3.C8H7BrO3.C2H5Br.2ClH/c1-7-20-14-12(19-6)9-8-11(10-18)13(14)17-21-15(2,3)16(4,5)22-17;1-9(2)10(3,4)16-13(15-9)14-17-11(5,6)12(7,8)18-14;1-3-18-11-8(17-2)5-4-7-9(6-13(15)16)19-12(14)10(7)11;2*1-3-16-11-8(15-2)5-4-7-9(6-13)17-12(14)10(7)11;1-3-14-10-8(13-2)5-4-7(6-12)9(10)11;1-12-6-3-2-5(4-10)7(9)8(6)11;1-2-3;;/h8-10H,7H2,1-6H3;1-8H3;4-5,9,14H,3,6H2,1-2H3;2*4-5,9,14H,3,6,13H2,1-2H3;4-6H,3H2,1-2H3;2-4,11H,1H3;2H2,1H3;2*1H. The molecule has 0 aromatic heterocycles. The van der Waals surface area contributed by atoms with Crippen LogP contribution in [-0.4, -0.2) is 221 Å². The van der Waals surface area contributed by atoms with Crippen LogP contribution in [0.1, 0.15) is 191 Å². The Labute approximate surface area is 767 Å². The molecule has 6 aromatic rings. The second kappa shape index (κ2) is 50.2. The fourth-order valence-electron chi connectivity index (χ4n) is 12.5. The minimum atomic E-state index is -1.24. The number of ether oxygens (including phenoxy) is 11. The van der Waals surface area contributed by atoms with Crippen molar-refractivity contribution in [2.75, 3.05) is 101 Å². The minimum absolute atomic E-state index is 0. The first-order valence-electron chi connectivity index (χ1n) is 39.4. The number of fused-ring (bicyclic) bond motifs is 3. The van der Waals surface area contributed by atoms with Crippen molar-refractivity contribution in [1.82, 2.24) is 0 Å². The highest BCUT2D eigenvalue weighted by Gasteiger charge is 2.64. The molecular weight excluding hydrogens is 1850 g/mol. The highest BCUT2D eigenvalue weighted by atomic mass is 79.9. The van der Waals surface area contributed by atoms with Gasteiger partial charge in [-0.1, -0.05) is 41.1 Å². The van der Waals surface area contributed by atoms with E-state index in [1.807, 2.05) is 130 Å². The van der Waals surface area contributed by atoms with Gasteiger partial charge in [0.15, 0.2) is 81.6 Å². The third-order valence-electron chi connectivity index (χ3n) is 20.8. The van der Waals surface area contributed by atoms with E-state index in [9.17, 15) is 44.7 Å². The summed E-state index contributed by atoms with van der Waals surface area (Å²) in [6.07, 6.45) is 0.859. The number of methoxy groups -OCH3 is 6. The molecule has 0 bridgehead atoms. The molecule has 3 saturated heterocycles. The van der Waals surface area contributed by atoms with Crippen molar-refractivity contribution >= 4 is 156 Å². The highest BCUT2D eigenvalue weighted by Crippen LogP contribution is 2.46. The molecule has 6 aliphatic rings. The normalized spacial score (nSPS) is 17.8. The van der Waals surface area contributed by atoms with Gasteiger partial charge in [0.1, 0.15) is 12.4 Å². The maximum absolute atomic E-state index is 11.5. The molecule has 8 N–H and O–H groups in total. The predicted molar refractivity (Wildman–Crippen MR) is 493 cm³/mol. The SMILES string of the molecule is CC1(C)OB(B2OC(C)(C)C(C)(C)O2)OC1(C)C.CCBr.CCOc1c(OC)ccc(C=O)c1B1OC(C)(C)C(C)(C)O1.CCOc1c(OC)ccc(C=O)c1Br.CCOc1c(OC)ccc2c1B(O)OC2CN.CCOc1c(OC)ccc2c1B(O)OC2CN.CCOc1c(OC)ccc2c1B(O)OC2C[N+](=O)[O-].COc1ccc(C=O)c(Br)c1O.Cl.Cl. The maximum atomic E-state index is 11.5. The number of alkyl halides is 1. The lowest BCUT2D eigenvalue weighted by atomic mass is 9.49. The molecule has 0 saturated carbocycles. The maximum Gasteiger partial charge on any atom is 0.499 e. The molecule has 6 aromatic carbocycles. The molecule has 0 spiro atoms. The van der Waals surface area contributed by atoms with E-state index in [4.69, 9.17) is 105 Å². The van der Waals surface area contributed by atoms with Crippen LogP contribution in [0.2, 0.25) is 0 Å². The van der Waals surface area contributed by atoms with Crippen molar-refractivity contribution in [3.05, 3.63) is 125 Å². The third-order valence-corrected chi connectivity index (χ3v) is 22.4. The van der Waals surface area contributed by atoms with Crippen molar-refractivity contribution in [3.8, 4) is 69.0 Å². The first-order chi connectivity index (χ1) is 57.5. The summed E-state index contributed by atoms with van der Waals surface area (Å²) in [6.45, 7) is 38.0. The molecule has 6 aliphatic heterocycles. The largest absolute Gasteiger partial charge is 0.503 e. The number of nitro groups is 1. The number of aldehydes is 3. The number of halogens is 5. The van der Waals surface area contributed by atoms with Gasteiger partial charge in [0, 0.05) is 61.9 Å². The van der Waals surface area contributed by atoms with Crippen LogP contribution in [0.5, 0.6) is 69.0 Å². The molecule has 0 radical (unpaired) electrons. The number of carbonyl (C=O) groups excluding carboxylic acids is 3. The molecule has 0 amide bonds. The van der Waals surface area contributed by atoms with Gasteiger partial charge in [-0.25, -0.2) is 0 Å². The van der Waals surface area contributed by atoms with E-state index < -0.39 is 71.3 Å². The summed E-state index contributed by atoms with van der Waals surface area (Å²) in [4.78, 5) is 42.6. The Balaban J connectivity index is 0.000000373. The van der Waals surface area contributed by atoms with E-state index in [0.29, 0.717) is 169 Å². The molecule has 6 heterocycles. The van der Waals surface area contributed by atoms with Gasteiger partial charge in [0.2, 0.25) is 6.54 Å². The summed E-state index contributed by atoms with van der Waals surface area (Å²) in [5.41, 5.74) is 14.7. The third kappa shape index (κ3) is 26.7. The van der Waals surface area contributed by atoms with Crippen LogP contribution in [0.25, 0.3) is 0 Å². The van der Waals surface area contributed by atoms with Gasteiger partial charge in [0.05, 0.1) is 130 Å². The number of carbonyl (C=O) groups is 3. The molecule has 0 aliphatic carbocycles. The van der Waals surface area contributed by atoms with Gasteiger partial charge < -0.3 is 126 Å². The van der Waals surface area contributed by atoms with Gasteiger partial charge in [0.25, 0.3) is 0 Å². The van der Waals surface area contributed by atoms with Gasteiger partial charge in [-0.2, -0.15) is 0 Å². The Morgan fingerprint density at radius 3 is 0.952 bits per heavy atom. The van der Waals surface area contributed by atoms with Crippen LogP contribution in [-0.2, 0) is 41.9 Å². The van der Waals surface area contributed by atoms with E-state index in [0.717, 1.165) is 29.0 Å². The average molecular weight is 1970 g/mol. The Hall–Kier alpha value is -6.82. The highest BCUT2D eigenvalue weighted by molar-refractivity contribution is 9.11. The first kappa shape index (κ1) is 111. The molecule has 3 fully saturated rings. The summed E-state index contributed by atoms with van der Waals surface area (Å²) < 4.78 is 111. The lowest BCUT2D eigenvalue weighted by Crippen LogP contribution is -2.41. The summed E-state index contributed by atoms with van der Waals surface area (Å²) >= 11 is 9.51. The van der Waals surface area contributed by atoms with Crippen LogP contribution in [0.15, 0.2) is 81.7 Å². The zero-order valence-electron chi connectivity index (χ0n) is 74.8. The molecule has 124 heavy (non-hydrogen) atoms. The van der Waals surface area contributed by atoms with Crippen LogP contribution < -0.4 is 85.4 Å². The molecule has 3 unspecified atom stereocenters. The number of benzene rings is 6. The topological polar surface area (TPSA) is 412 Å². The van der Waals surface area contributed by atoms with Crippen molar-refractivity contribution in [3.63, 3.8) is 0 Å². The number of aromatic hydroxyl groups is 1. The monoisotopic (exact) mass is 1970 g/mol. The minimum Gasteiger partial charge on any atom is -0.503 e. The smallest absolute Gasteiger partial charge is 0.499 e. The number of hydrogen-bond donors (Lipinski definition) is 6. The molecule has 684 valence electrons. The predicted octanol–water partition coefficient (Wildman–Crippen LogP) is 11.1. The van der Waals surface area contributed by atoms with Crippen molar-refractivity contribution in [1.29, 1.82) is 0 Å². The fourth-order valence-corrected chi connectivity index (χ4v) is 13.5. The van der Waals surface area contributed by atoms with E-state index in [1.165, 1.54) is 20.3 Å². The van der Waals surface area contributed by atoms with Crippen molar-refractivity contribution in [2.24, 2.45) is 11.5 Å². The number of phenols is 1. The zero-order chi connectivity index (χ0) is 91.7. The second-order valence-electron chi connectivity index (χ2n) is 30.0. The number of nitrogens with zero attached hydrogens (tertiary/aromatic N) is 1. The number of rotatable bonds is 25. The summed E-state index contributed by atoms with van der Waals surface area (Å²) in [5.74, 6) is 5.61. The fraction of sp³-hybridized carbons (Fsp3) is 0.519. The van der Waals surface area contributed by atoms with E-state index >= 15 is 0 Å². The molecule has 12 rings (SSSR count). The van der Waals surface area contributed by atoms with Gasteiger partial charge in [-0.15, -0.1) is 24.8 Å². The van der Waals surface area contributed by atoms with Crippen LogP contribution in [0.4, 0.5) is 0 Å². The van der Waals surface area contributed by atoms with Crippen LogP contribution >= 0.6 is 72.6 Å². The van der Waals surface area contributed by atoms with Gasteiger partial charge in [-0.3, -0.25) is 24.5 Å².